The molecule has 0 bridgehead atoms. The number of nitrogens with zero attached hydrogens (tertiary/aromatic N) is 2. The minimum absolute atomic E-state index is 0.0654. The number of hydrogen-bond acceptors (Lipinski definition) is 4. The highest BCUT2D eigenvalue weighted by molar-refractivity contribution is 5.92. The molecule has 1 fully saturated rings. The Kier molecular flexibility index (Phi) is 5.54. The summed E-state index contributed by atoms with van der Waals surface area (Å²) < 4.78 is 0. The summed E-state index contributed by atoms with van der Waals surface area (Å²) in [6.07, 6.45) is 3.66. The third-order valence-electron chi connectivity index (χ3n) is 4.27. The van der Waals surface area contributed by atoms with Crippen LogP contribution in [0.1, 0.15) is 38.3 Å². The fourth-order valence-electron chi connectivity index (χ4n) is 3.08. The number of nitrogens with one attached hydrogen (secondary N) is 1. The molecule has 2 heterocycles. The molecule has 0 saturated carbocycles. The average Bonchev–Trinajstić information content (AvgIpc) is 2.82. The van der Waals surface area contributed by atoms with Gasteiger partial charge >= 0.3 is 5.97 Å². The number of carboxylic acid groups (broad SMARTS) is 1. The van der Waals surface area contributed by atoms with Crippen LogP contribution < -0.4 is 5.32 Å². The summed E-state index contributed by atoms with van der Waals surface area (Å²) in [5.74, 6) is -2.10. The second-order valence-corrected chi connectivity index (χ2v) is 6.58. The fourth-order valence-corrected chi connectivity index (χ4v) is 3.08. The average molecular weight is 333 g/mol. The largest absolute Gasteiger partial charge is 0.480 e. The van der Waals surface area contributed by atoms with Gasteiger partial charge in [0.15, 0.2) is 0 Å². The molecule has 24 heavy (non-hydrogen) atoms. The number of amides is 2. The fraction of sp³-hybridized carbons (Fsp3) is 0.529. The molecule has 1 aromatic heterocycles. The van der Waals surface area contributed by atoms with Crippen molar-refractivity contribution in [2.24, 2.45) is 11.8 Å². The molecule has 2 N–H and O–H groups in total. The quantitative estimate of drug-likeness (QED) is 0.815. The number of rotatable bonds is 6. The lowest BCUT2D eigenvalue weighted by Crippen LogP contribution is -2.45. The molecule has 1 aliphatic heterocycles. The van der Waals surface area contributed by atoms with Crippen LogP contribution in [-0.2, 0) is 14.4 Å². The number of carboxylic acids is 1. The van der Waals surface area contributed by atoms with Gasteiger partial charge in [0.05, 0.1) is 12.0 Å². The first-order valence-corrected chi connectivity index (χ1v) is 8.00. The standard InChI is InChI=1S/C17H23N3O4/c1-10(2)7-13(17(23)24)19-16(22)12-8-14(21)20(3)15(12)11-5-4-6-18-9-11/h4-6,9-10,12-13,15H,7-8H2,1-3H3,(H,19,22)(H,23,24)/t12?,13-,15?/m1/s1. The third kappa shape index (κ3) is 3.90. The number of aliphatic carboxylic acids is 1. The van der Waals surface area contributed by atoms with E-state index in [0.717, 1.165) is 5.56 Å². The van der Waals surface area contributed by atoms with Crippen molar-refractivity contribution < 1.29 is 19.5 Å². The Morgan fingerprint density at radius 3 is 2.71 bits per heavy atom. The maximum atomic E-state index is 12.6. The summed E-state index contributed by atoms with van der Waals surface area (Å²) in [6.45, 7) is 3.79. The van der Waals surface area contributed by atoms with E-state index in [9.17, 15) is 19.5 Å². The van der Waals surface area contributed by atoms with E-state index in [1.165, 1.54) is 4.90 Å². The van der Waals surface area contributed by atoms with Gasteiger partial charge in [0.1, 0.15) is 6.04 Å². The lowest BCUT2D eigenvalue weighted by molar-refractivity contribution is -0.143. The number of aromatic nitrogens is 1. The lowest BCUT2D eigenvalue weighted by atomic mass is 9.93. The van der Waals surface area contributed by atoms with E-state index in [-0.39, 0.29) is 18.2 Å². The molecule has 2 unspecified atom stereocenters. The van der Waals surface area contributed by atoms with E-state index in [1.54, 1.807) is 25.5 Å². The maximum absolute atomic E-state index is 12.6. The molecular weight excluding hydrogens is 310 g/mol. The van der Waals surface area contributed by atoms with Crippen molar-refractivity contribution in [1.29, 1.82) is 0 Å². The van der Waals surface area contributed by atoms with Crippen molar-refractivity contribution in [2.45, 2.75) is 38.8 Å². The monoisotopic (exact) mass is 333 g/mol. The first-order valence-electron chi connectivity index (χ1n) is 8.00. The summed E-state index contributed by atoms with van der Waals surface area (Å²) in [7, 11) is 1.65. The van der Waals surface area contributed by atoms with Crippen LogP contribution >= 0.6 is 0 Å². The molecule has 130 valence electrons. The minimum atomic E-state index is -1.06. The van der Waals surface area contributed by atoms with Crippen LogP contribution in [-0.4, -0.2) is 45.9 Å². The van der Waals surface area contributed by atoms with Crippen LogP contribution in [0, 0.1) is 11.8 Å². The Morgan fingerprint density at radius 1 is 1.46 bits per heavy atom. The van der Waals surface area contributed by atoms with E-state index in [1.807, 2.05) is 19.9 Å². The molecule has 1 aliphatic rings. The van der Waals surface area contributed by atoms with E-state index < -0.39 is 29.9 Å². The number of carbonyl (C=O) groups excluding carboxylic acids is 2. The van der Waals surface area contributed by atoms with Gasteiger partial charge in [-0.15, -0.1) is 0 Å². The molecule has 3 atom stereocenters. The first kappa shape index (κ1) is 17.9. The molecule has 0 aliphatic carbocycles. The Hall–Kier alpha value is -2.44. The van der Waals surface area contributed by atoms with Gasteiger partial charge in [-0.2, -0.15) is 0 Å². The Morgan fingerprint density at radius 2 is 2.17 bits per heavy atom. The van der Waals surface area contributed by atoms with Crippen LogP contribution in [0.5, 0.6) is 0 Å². The van der Waals surface area contributed by atoms with Crippen molar-refractivity contribution in [3.63, 3.8) is 0 Å². The molecule has 1 saturated heterocycles. The van der Waals surface area contributed by atoms with Crippen LogP contribution in [0.4, 0.5) is 0 Å². The molecular formula is C17H23N3O4. The van der Waals surface area contributed by atoms with Crippen molar-refractivity contribution in [1.82, 2.24) is 15.2 Å². The van der Waals surface area contributed by atoms with E-state index in [2.05, 4.69) is 10.3 Å². The topological polar surface area (TPSA) is 99.6 Å². The lowest BCUT2D eigenvalue weighted by Gasteiger charge is -2.26. The van der Waals surface area contributed by atoms with Gasteiger partial charge in [0.25, 0.3) is 0 Å². The van der Waals surface area contributed by atoms with Gasteiger partial charge in [-0.25, -0.2) is 4.79 Å². The number of pyridine rings is 1. The second-order valence-electron chi connectivity index (χ2n) is 6.58. The summed E-state index contributed by atoms with van der Waals surface area (Å²) in [5, 5.41) is 11.9. The molecule has 2 amide bonds. The molecule has 0 aromatic carbocycles. The molecule has 7 heteroatoms. The third-order valence-corrected chi connectivity index (χ3v) is 4.27. The predicted octanol–water partition coefficient (Wildman–Crippen LogP) is 1.22. The van der Waals surface area contributed by atoms with Gasteiger partial charge in [-0.05, 0) is 24.0 Å². The van der Waals surface area contributed by atoms with Crippen molar-refractivity contribution >= 4 is 17.8 Å². The van der Waals surface area contributed by atoms with Crippen LogP contribution in [0.15, 0.2) is 24.5 Å². The van der Waals surface area contributed by atoms with Crippen LogP contribution in [0.3, 0.4) is 0 Å². The zero-order valence-electron chi connectivity index (χ0n) is 14.1. The van der Waals surface area contributed by atoms with E-state index >= 15 is 0 Å². The maximum Gasteiger partial charge on any atom is 0.326 e. The molecule has 1 aromatic rings. The van der Waals surface area contributed by atoms with Gasteiger partial charge in [0, 0.05) is 25.9 Å². The highest BCUT2D eigenvalue weighted by Gasteiger charge is 2.43. The Bertz CT molecular complexity index is 618. The van der Waals surface area contributed by atoms with Crippen molar-refractivity contribution in [3.8, 4) is 0 Å². The Balaban J connectivity index is 2.20. The number of carbonyl (C=O) groups is 3. The number of hydrogen-bond donors (Lipinski definition) is 2. The highest BCUT2D eigenvalue weighted by Crippen LogP contribution is 2.36. The van der Waals surface area contributed by atoms with Crippen molar-refractivity contribution in [2.75, 3.05) is 7.05 Å². The van der Waals surface area contributed by atoms with E-state index in [0.29, 0.717) is 6.42 Å². The number of likely N-dealkylation sites (tertiary alicyclic amines) is 1. The van der Waals surface area contributed by atoms with Gasteiger partial charge < -0.3 is 15.3 Å². The SMILES string of the molecule is CC(C)C[C@@H](NC(=O)C1CC(=O)N(C)C1c1cccnc1)C(=O)O. The van der Waals surface area contributed by atoms with Gasteiger partial charge in [-0.3, -0.25) is 14.6 Å². The highest BCUT2D eigenvalue weighted by atomic mass is 16.4. The van der Waals surface area contributed by atoms with Crippen molar-refractivity contribution in [3.05, 3.63) is 30.1 Å². The molecule has 2 rings (SSSR count). The van der Waals surface area contributed by atoms with Crippen LogP contribution in [0.2, 0.25) is 0 Å². The first-order chi connectivity index (χ1) is 11.3. The van der Waals surface area contributed by atoms with Gasteiger partial charge in [0.2, 0.25) is 11.8 Å². The normalized spacial score (nSPS) is 21.8. The van der Waals surface area contributed by atoms with Crippen LogP contribution in [0.25, 0.3) is 0 Å². The Labute approximate surface area is 141 Å². The molecule has 0 spiro atoms. The zero-order chi connectivity index (χ0) is 17.9. The zero-order valence-corrected chi connectivity index (χ0v) is 14.1. The summed E-state index contributed by atoms with van der Waals surface area (Å²) in [5.41, 5.74) is 0.765. The minimum Gasteiger partial charge on any atom is -0.480 e. The smallest absolute Gasteiger partial charge is 0.326 e. The summed E-state index contributed by atoms with van der Waals surface area (Å²) in [4.78, 5) is 41.7. The summed E-state index contributed by atoms with van der Waals surface area (Å²) in [6, 6.07) is 2.18. The van der Waals surface area contributed by atoms with E-state index in [4.69, 9.17) is 0 Å². The molecule has 0 radical (unpaired) electrons. The van der Waals surface area contributed by atoms with Gasteiger partial charge in [-0.1, -0.05) is 19.9 Å². The summed E-state index contributed by atoms with van der Waals surface area (Å²) >= 11 is 0. The second kappa shape index (κ2) is 7.42. The molecule has 7 nitrogen and oxygen atoms in total. The predicted molar refractivity (Wildman–Crippen MR) is 86.9 cm³/mol.